The average molecular weight is 254 g/mol. The molecule has 17 heavy (non-hydrogen) atoms. The molecule has 0 unspecified atom stereocenters. The number of imidazole rings is 1. The van der Waals surface area contributed by atoms with Gasteiger partial charge in [-0.25, -0.2) is 9.37 Å². The zero-order chi connectivity index (χ0) is 12.4. The van der Waals surface area contributed by atoms with Gasteiger partial charge in [-0.15, -0.1) is 0 Å². The third-order valence-corrected chi connectivity index (χ3v) is 3.00. The normalized spacial score (nSPS) is 10.6. The lowest BCUT2D eigenvalue weighted by molar-refractivity contribution is 0.619. The van der Waals surface area contributed by atoms with Gasteiger partial charge in [0.1, 0.15) is 16.8 Å². The summed E-state index contributed by atoms with van der Waals surface area (Å²) in [6.45, 7) is 2.24. The highest BCUT2D eigenvalue weighted by Crippen LogP contribution is 2.15. The van der Waals surface area contributed by atoms with Crippen LogP contribution in [0.1, 0.15) is 11.4 Å². The fraction of sp³-hybridized carbons (Fsp3) is 0.250. The van der Waals surface area contributed by atoms with E-state index in [1.807, 2.05) is 13.1 Å². The van der Waals surface area contributed by atoms with Crippen LogP contribution in [0.4, 0.5) is 10.1 Å². The van der Waals surface area contributed by atoms with Crippen LogP contribution in [0.25, 0.3) is 0 Å². The Kier molecular flexibility index (Phi) is 3.33. The molecule has 1 aromatic heterocycles. The SMILES string of the molecule is Cc1ccc(NCc2ncc(Cl)n2C)cc1F. The molecule has 0 bridgehead atoms. The van der Waals surface area contributed by atoms with Crippen LogP contribution in [0.3, 0.4) is 0 Å². The molecule has 0 saturated carbocycles. The van der Waals surface area contributed by atoms with Gasteiger partial charge in [-0.1, -0.05) is 17.7 Å². The second-order valence-electron chi connectivity index (χ2n) is 3.87. The van der Waals surface area contributed by atoms with Crippen LogP contribution in [-0.4, -0.2) is 9.55 Å². The van der Waals surface area contributed by atoms with Crippen molar-refractivity contribution in [3.8, 4) is 0 Å². The number of anilines is 1. The van der Waals surface area contributed by atoms with Gasteiger partial charge in [-0.05, 0) is 24.6 Å². The van der Waals surface area contributed by atoms with Crippen LogP contribution in [0, 0.1) is 12.7 Å². The molecule has 1 heterocycles. The van der Waals surface area contributed by atoms with Crippen LogP contribution in [-0.2, 0) is 13.6 Å². The molecule has 0 saturated heterocycles. The molecule has 0 aliphatic heterocycles. The van der Waals surface area contributed by atoms with Crippen LogP contribution < -0.4 is 5.32 Å². The maximum atomic E-state index is 13.3. The lowest BCUT2D eigenvalue weighted by Gasteiger charge is -2.07. The molecule has 90 valence electrons. The monoisotopic (exact) mass is 253 g/mol. The highest BCUT2D eigenvalue weighted by Gasteiger charge is 2.04. The molecule has 0 fully saturated rings. The Morgan fingerprint density at radius 1 is 1.47 bits per heavy atom. The minimum atomic E-state index is -0.215. The molecule has 0 aliphatic rings. The molecule has 2 aromatic rings. The highest BCUT2D eigenvalue weighted by atomic mass is 35.5. The minimum absolute atomic E-state index is 0.215. The number of hydrogen-bond donors (Lipinski definition) is 1. The summed E-state index contributed by atoms with van der Waals surface area (Å²) in [7, 11) is 1.84. The summed E-state index contributed by atoms with van der Waals surface area (Å²) in [6.07, 6.45) is 1.59. The minimum Gasteiger partial charge on any atom is -0.378 e. The first-order valence-corrected chi connectivity index (χ1v) is 5.62. The predicted octanol–water partition coefficient (Wildman–Crippen LogP) is 3.13. The Morgan fingerprint density at radius 3 is 2.82 bits per heavy atom. The molecule has 5 heteroatoms. The Bertz CT molecular complexity index is 537. The van der Waals surface area contributed by atoms with Crippen molar-refractivity contribution in [3.63, 3.8) is 0 Å². The molecular weight excluding hydrogens is 241 g/mol. The highest BCUT2D eigenvalue weighted by molar-refractivity contribution is 6.29. The van der Waals surface area contributed by atoms with Gasteiger partial charge < -0.3 is 9.88 Å². The molecule has 0 radical (unpaired) electrons. The summed E-state index contributed by atoms with van der Waals surface area (Å²) in [6, 6.07) is 5.05. The molecule has 1 aromatic carbocycles. The first-order chi connectivity index (χ1) is 8.08. The second-order valence-corrected chi connectivity index (χ2v) is 4.26. The first-order valence-electron chi connectivity index (χ1n) is 5.24. The number of halogens is 2. The van der Waals surface area contributed by atoms with E-state index in [1.54, 1.807) is 23.8 Å². The fourth-order valence-electron chi connectivity index (χ4n) is 1.47. The quantitative estimate of drug-likeness (QED) is 0.911. The standard InChI is InChI=1S/C12H13ClFN3/c1-8-3-4-9(5-10(8)14)15-7-12-16-6-11(13)17(12)2/h3-6,15H,7H2,1-2H3. The number of hydrogen-bond acceptors (Lipinski definition) is 2. The van der Waals surface area contributed by atoms with Crippen molar-refractivity contribution in [1.82, 2.24) is 9.55 Å². The van der Waals surface area contributed by atoms with Crippen molar-refractivity contribution < 1.29 is 4.39 Å². The maximum absolute atomic E-state index is 13.3. The van der Waals surface area contributed by atoms with E-state index in [9.17, 15) is 4.39 Å². The Hall–Kier alpha value is -1.55. The van der Waals surface area contributed by atoms with E-state index in [1.165, 1.54) is 6.07 Å². The predicted molar refractivity (Wildman–Crippen MR) is 66.7 cm³/mol. The Labute approximate surface area is 104 Å². The topological polar surface area (TPSA) is 29.9 Å². The van der Waals surface area contributed by atoms with Crippen molar-refractivity contribution in [1.29, 1.82) is 0 Å². The number of aromatic nitrogens is 2. The van der Waals surface area contributed by atoms with E-state index in [0.717, 1.165) is 11.5 Å². The molecular formula is C12H13ClFN3. The van der Waals surface area contributed by atoms with E-state index in [0.29, 0.717) is 17.3 Å². The summed E-state index contributed by atoms with van der Waals surface area (Å²) in [5.74, 6) is 0.587. The number of benzene rings is 1. The third-order valence-electron chi connectivity index (χ3n) is 2.65. The van der Waals surface area contributed by atoms with Crippen molar-refractivity contribution in [3.05, 3.63) is 46.8 Å². The van der Waals surface area contributed by atoms with Crippen LogP contribution in [0.5, 0.6) is 0 Å². The van der Waals surface area contributed by atoms with Crippen molar-refractivity contribution in [2.45, 2.75) is 13.5 Å². The molecule has 0 aliphatic carbocycles. The van der Waals surface area contributed by atoms with Crippen molar-refractivity contribution in [2.75, 3.05) is 5.32 Å². The number of nitrogens with one attached hydrogen (secondary N) is 1. The van der Waals surface area contributed by atoms with E-state index in [4.69, 9.17) is 11.6 Å². The Morgan fingerprint density at radius 2 is 2.24 bits per heavy atom. The van der Waals surface area contributed by atoms with Gasteiger partial charge in [0.25, 0.3) is 0 Å². The molecule has 0 atom stereocenters. The zero-order valence-electron chi connectivity index (χ0n) is 9.67. The van der Waals surface area contributed by atoms with Crippen LogP contribution in [0.2, 0.25) is 5.15 Å². The number of nitrogens with zero attached hydrogens (tertiary/aromatic N) is 2. The smallest absolute Gasteiger partial charge is 0.128 e. The molecule has 3 nitrogen and oxygen atoms in total. The molecule has 2 rings (SSSR count). The third kappa shape index (κ3) is 2.58. The molecule has 0 amide bonds. The number of aryl methyl sites for hydroxylation is 1. The van der Waals surface area contributed by atoms with Gasteiger partial charge in [0, 0.05) is 12.7 Å². The largest absolute Gasteiger partial charge is 0.378 e. The average Bonchev–Trinajstić information content (AvgIpc) is 2.62. The summed E-state index contributed by atoms with van der Waals surface area (Å²) in [4.78, 5) is 4.15. The van der Waals surface area contributed by atoms with Crippen LogP contribution >= 0.6 is 11.6 Å². The lowest BCUT2D eigenvalue weighted by atomic mass is 10.2. The van der Waals surface area contributed by atoms with Gasteiger partial charge in [0.2, 0.25) is 0 Å². The zero-order valence-corrected chi connectivity index (χ0v) is 10.4. The van der Waals surface area contributed by atoms with Crippen molar-refractivity contribution in [2.24, 2.45) is 7.05 Å². The summed E-state index contributed by atoms with van der Waals surface area (Å²) < 4.78 is 15.1. The van der Waals surface area contributed by atoms with Gasteiger partial charge in [0.05, 0.1) is 12.7 Å². The summed E-state index contributed by atoms with van der Waals surface area (Å²) in [5, 5.41) is 3.68. The second kappa shape index (κ2) is 4.75. The van der Waals surface area contributed by atoms with Gasteiger partial charge in [0.15, 0.2) is 0 Å². The summed E-state index contributed by atoms with van der Waals surface area (Å²) >= 11 is 5.87. The van der Waals surface area contributed by atoms with E-state index in [-0.39, 0.29) is 5.82 Å². The lowest BCUT2D eigenvalue weighted by Crippen LogP contribution is -2.06. The molecule has 0 spiro atoms. The van der Waals surface area contributed by atoms with Gasteiger partial charge >= 0.3 is 0 Å². The van der Waals surface area contributed by atoms with Crippen LogP contribution in [0.15, 0.2) is 24.4 Å². The maximum Gasteiger partial charge on any atom is 0.128 e. The van der Waals surface area contributed by atoms with Gasteiger partial charge in [-0.3, -0.25) is 0 Å². The fourth-order valence-corrected chi connectivity index (χ4v) is 1.62. The van der Waals surface area contributed by atoms with E-state index >= 15 is 0 Å². The van der Waals surface area contributed by atoms with E-state index < -0.39 is 0 Å². The van der Waals surface area contributed by atoms with Gasteiger partial charge in [-0.2, -0.15) is 0 Å². The van der Waals surface area contributed by atoms with E-state index in [2.05, 4.69) is 10.3 Å². The Balaban J connectivity index is 2.07. The first kappa shape index (κ1) is 11.9. The molecule has 1 N–H and O–H groups in total. The summed E-state index contributed by atoms with van der Waals surface area (Å²) in [5.41, 5.74) is 1.36. The number of rotatable bonds is 3. The van der Waals surface area contributed by atoms with Crippen molar-refractivity contribution >= 4 is 17.3 Å².